The molecule has 22 heavy (non-hydrogen) atoms. The topological polar surface area (TPSA) is 61.6 Å². The molecule has 0 radical (unpaired) electrons. The van der Waals surface area contributed by atoms with Gasteiger partial charge in [-0.3, -0.25) is 4.79 Å². The molecule has 1 aromatic heterocycles. The fourth-order valence-electron chi connectivity index (χ4n) is 2.70. The Morgan fingerprint density at radius 1 is 1.27 bits per heavy atom. The van der Waals surface area contributed by atoms with Gasteiger partial charge in [0.15, 0.2) is 12.4 Å². The van der Waals surface area contributed by atoms with Gasteiger partial charge in [-0.1, -0.05) is 18.0 Å². The van der Waals surface area contributed by atoms with Crippen LogP contribution in [0.4, 0.5) is 0 Å². The van der Waals surface area contributed by atoms with Crippen molar-refractivity contribution < 1.29 is 18.8 Å². The summed E-state index contributed by atoms with van der Waals surface area (Å²) in [5.41, 5.74) is 1.65. The van der Waals surface area contributed by atoms with Crippen LogP contribution in [0.3, 0.4) is 0 Å². The summed E-state index contributed by atoms with van der Waals surface area (Å²) in [6.45, 7) is 0.137. The summed E-state index contributed by atoms with van der Waals surface area (Å²) < 4.78 is 15.7. The zero-order valence-electron chi connectivity index (χ0n) is 12.6. The molecule has 0 N–H and O–H groups in total. The summed E-state index contributed by atoms with van der Waals surface area (Å²) >= 11 is 0. The van der Waals surface area contributed by atoms with E-state index in [1.807, 2.05) is 24.3 Å². The molecule has 1 heterocycles. The molecule has 0 bridgehead atoms. The van der Waals surface area contributed by atoms with Crippen LogP contribution in [-0.2, 0) is 16.1 Å². The first-order valence-electron chi connectivity index (χ1n) is 7.53. The second-order valence-electron chi connectivity index (χ2n) is 5.50. The second-order valence-corrected chi connectivity index (χ2v) is 5.50. The fraction of sp³-hybridized carbons (Fsp3) is 0.412. The summed E-state index contributed by atoms with van der Waals surface area (Å²) in [5, 5.41) is 4.01. The van der Waals surface area contributed by atoms with Crippen LogP contribution in [0.15, 0.2) is 34.9 Å². The van der Waals surface area contributed by atoms with E-state index < -0.39 is 0 Å². The van der Waals surface area contributed by atoms with Gasteiger partial charge < -0.3 is 14.0 Å². The van der Waals surface area contributed by atoms with Gasteiger partial charge in [0, 0.05) is 11.6 Å². The Morgan fingerprint density at radius 2 is 2.00 bits per heavy atom. The number of hydrogen-bond acceptors (Lipinski definition) is 5. The van der Waals surface area contributed by atoms with Crippen LogP contribution in [0.2, 0.25) is 0 Å². The number of nitrogens with zero attached hydrogens (tertiary/aromatic N) is 1. The monoisotopic (exact) mass is 301 g/mol. The predicted molar refractivity (Wildman–Crippen MR) is 80.2 cm³/mol. The number of benzene rings is 1. The molecule has 0 spiro atoms. The largest absolute Gasteiger partial charge is 0.497 e. The molecular weight excluding hydrogens is 282 g/mol. The molecule has 0 saturated heterocycles. The van der Waals surface area contributed by atoms with Crippen molar-refractivity contribution >= 4 is 5.97 Å². The molecule has 1 fully saturated rings. The van der Waals surface area contributed by atoms with E-state index in [0.29, 0.717) is 5.76 Å². The van der Waals surface area contributed by atoms with Crippen molar-refractivity contribution in [2.75, 3.05) is 7.11 Å². The Balaban J connectivity index is 1.59. The molecule has 1 aromatic carbocycles. The van der Waals surface area contributed by atoms with Crippen molar-refractivity contribution in [2.24, 2.45) is 5.92 Å². The van der Waals surface area contributed by atoms with E-state index in [2.05, 4.69) is 5.16 Å². The number of aromatic nitrogens is 1. The minimum Gasteiger partial charge on any atom is -0.497 e. The lowest BCUT2D eigenvalue weighted by Crippen LogP contribution is -2.14. The van der Waals surface area contributed by atoms with Crippen molar-refractivity contribution in [2.45, 2.75) is 32.3 Å². The number of methoxy groups -OCH3 is 1. The molecule has 5 heteroatoms. The molecule has 0 atom stereocenters. The van der Waals surface area contributed by atoms with E-state index in [1.165, 1.54) is 0 Å². The molecule has 1 aliphatic carbocycles. The van der Waals surface area contributed by atoms with Crippen molar-refractivity contribution in [1.82, 2.24) is 5.16 Å². The minimum atomic E-state index is -0.125. The zero-order valence-corrected chi connectivity index (χ0v) is 12.6. The summed E-state index contributed by atoms with van der Waals surface area (Å²) in [6.07, 6.45) is 4.10. The fourth-order valence-corrected chi connectivity index (χ4v) is 2.70. The highest BCUT2D eigenvalue weighted by Crippen LogP contribution is 2.26. The third-order valence-electron chi connectivity index (χ3n) is 3.99. The molecule has 116 valence electrons. The van der Waals surface area contributed by atoms with Gasteiger partial charge >= 0.3 is 5.97 Å². The normalized spacial score (nSPS) is 15.0. The van der Waals surface area contributed by atoms with Crippen molar-refractivity contribution in [3.05, 3.63) is 36.1 Å². The van der Waals surface area contributed by atoms with E-state index in [4.69, 9.17) is 14.0 Å². The highest BCUT2D eigenvalue weighted by molar-refractivity contribution is 5.72. The Kier molecular flexibility index (Phi) is 4.42. The lowest BCUT2D eigenvalue weighted by atomic mass is 10.1. The maximum atomic E-state index is 11.9. The number of ether oxygens (including phenoxy) is 2. The number of carbonyl (C=O) groups is 1. The molecule has 2 aromatic rings. The molecule has 0 aliphatic heterocycles. The zero-order chi connectivity index (χ0) is 15.4. The van der Waals surface area contributed by atoms with Crippen LogP contribution in [0, 0.1) is 5.92 Å². The van der Waals surface area contributed by atoms with Crippen LogP contribution in [0.25, 0.3) is 11.3 Å². The van der Waals surface area contributed by atoms with E-state index in [1.54, 1.807) is 13.2 Å². The molecule has 0 unspecified atom stereocenters. The molecule has 1 saturated carbocycles. The third-order valence-corrected chi connectivity index (χ3v) is 3.99. The SMILES string of the molecule is COc1ccc(-c2cc(COC(=O)C3CCCC3)on2)cc1. The number of esters is 1. The molecule has 0 amide bonds. The lowest BCUT2D eigenvalue weighted by molar-refractivity contribution is -0.150. The number of hydrogen-bond donors (Lipinski definition) is 0. The Hall–Kier alpha value is -2.30. The van der Waals surface area contributed by atoms with E-state index in [0.717, 1.165) is 42.7 Å². The summed E-state index contributed by atoms with van der Waals surface area (Å²) in [7, 11) is 1.63. The van der Waals surface area contributed by atoms with E-state index >= 15 is 0 Å². The van der Waals surface area contributed by atoms with Crippen molar-refractivity contribution in [3.8, 4) is 17.0 Å². The first-order chi connectivity index (χ1) is 10.8. The van der Waals surface area contributed by atoms with E-state index in [-0.39, 0.29) is 18.5 Å². The quantitative estimate of drug-likeness (QED) is 0.790. The standard InChI is InChI=1S/C17H19NO4/c1-20-14-8-6-12(7-9-14)16-10-15(22-18-16)11-21-17(19)13-4-2-3-5-13/h6-10,13H,2-5,11H2,1H3. The summed E-state index contributed by atoms with van der Waals surface area (Å²) in [4.78, 5) is 11.9. The number of carbonyl (C=O) groups excluding carboxylic acids is 1. The van der Waals surface area contributed by atoms with E-state index in [9.17, 15) is 4.79 Å². The van der Waals surface area contributed by atoms with Gasteiger partial charge in [-0.05, 0) is 37.1 Å². The average molecular weight is 301 g/mol. The van der Waals surface area contributed by atoms with Crippen LogP contribution in [0.1, 0.15) is 31.4 Å². The van der Waals surface area contributed by atoms with Crippen LogP contribution < -0.4 is 4.74 Å². The first kappa shape index (κ1) is 14.6. The second kappa shape index (κ2) is 6.64. The van der Waals surface area contributed by atoms with Gasteiger partial charge in [-0.2, -0.15) is 0 Å². The van der Waals surface area contributed by atoms with Gasteiger partial charge in [-0.15, -0.1) is 0 Å². The average Bonchev–Trinajstić information content (AvgIpc) is 3.24. The molecule has 3 rings (SSSR count). The minimum absolute atomic E-state index is 0.0592. The highest BCUT2D eigenvalue weighted by atomic mass is 16.5. The Bertz CT molecular complexity index is 626. The third kappa shape index (κ3) is 3.30. The molecule has 5 nitrogen and oxygen atoms in total. The molecular formula is C17H19NO4. The van der Waals surface area contributed by atoms with Crippen LogP contribution >= 0.6 is 0 Å². The smallest absolute Gasteiger partial charge is 0.309 e. The van der Waals surface area contributed by atoms with Crippen LogP contribution in [0.5, 0.6) is 5.75 Å². The van der Waals surface area contributed by atoms with Gasteiger partial charge in [0.1, 0.15) is 11.4 Å². The first-order valence-corrected chi connectivity index (χ1v) is 7.53. The maximum absolute atomic E-state index is 11.9. The molecule has 1 aliphatic rings. The number of rotatable bonds is 5. The van der Waals surface area contributed by atoms with Crippen LogP contribution in [-0.4, -0.2) is 18.2 Å². The Morgan fingerprint density at radius 3 is 2.68 bits per heavy atom. The van der Waals surface area contributed by atoms with Gasteiger partial charge in [0.05, 0.1) is 13.0 Å². The maximum Gasteiger partial charge on any atom is 0.309 e. The lowest BCUT2D eigenvalue weighted by Gasteiger charge is -2.07. The van der Waals surface area contributed by atoms with Crippen molar-refractivity contribution in [3.63, 3.8) is 0 Å². The van der Waals surface area contributed by atoms with Crippen molar-refractivity contribution in [1.29, 1.82) is 0 Å². The van der Waals surface area contributed by atoms with Gasteiger partial charge in [-0.25, -0.2) is 0 Å². The highest BCUT2D eigenvalue weighted by Gasteiger charge is 2.24. The summed E-state index contributed by atoms with van der Waals surface area (Å²) in [6, 6.07) is 9.34. The predicted octanol–water partition coefficient (Wildman–Crippen LogP) is 3.58. The Labute approximate surface area is 129 Å². The van der Waals surface area contributed by atoms with Gasteiger partial charge in [0.25, 0.3) is 0 Å². The summed E-state index contributed by atoms with van der Waals surface area (Å²) in [5.74, 6) is 1.28. The van der Waals surface area contributed by atoms with Gasteiger partial charge in [0.2, 0.25) is 0 Å².